The smallest absolute Gasteiger partial charge is 0.232 e. The Morgan fingerprint density at radius 1 is 0.929 bits per heavy atom. The monoisotopic (exact) mass is 573 g/mol. The predicted molar refractivity (Wildman–Crippen MR) is 165 cm³/mol. The van der Waals surface area contributed by atoms with E-state index >= 15 is 0 Å². The van der Waals surface area contributed by atoms with Crippen LogP contribution in [0.4, 0.5) is 4.39 Å². The quantitative estimate of drug-likeness (QED) is 0.419. The average Bonchev–Trinajstić information content (AvgIpc) is 3.42. The SMILES string of the molecule is CC1(C)CNCCOc2cc(F)cc(c2)O[C@H]2CCN(C2)C(C)(C)CCC(C(N)=O)(c2ccccc2)c2cccc1c2. The van der Waals surface area contributed by atoms with Crippen LogP contribution in [0.1, 0.15) is 63.6 Å². The zero-order valence-corrected chi connectivity index (χ0v) is 25.3. The maximum atomic E-state index is 14.4. The lowest BCUT2D eigenvalue weighted by Crippen LogP contribution is -2.48. The van der Waals surface area contributed by atoms with Gasteiger partial charge in [-0.25, -0.2) is 4.39 Å². The minimum Gasteiger partial charge on any atom is -0.492 e. The number of hydrogen-bond donors (Lipinski definition) is 2. The van der Waals surface area contributed by atoms with Crippen molar-refractivity contribution < 1.29 is 18.7 Å². The zero-order valence-electron chi connectivity index (χ0n) is 25.3. The highest BCUT2D eigenvalue weighted by atomic mass is 19.1. The number of halogens is 1. The molecule has 1 saturated heterocycles. The molecule has 42 heavy (non-hydrogen) atoms. The van der Waals surface area contributed by atoms with Gasteiger partial charge in [0.1, 0.15) is 30.0 Å². The normalized spacial score (nSPS) is 25.9. The average molecular weight is 574 g/mol. The molecule has 0 aliphatic carbocycles. The Hall–Kier alpha value is -3.42. The number of carbonyl (C=O) groups excluding carboxylic acids is 1. The van der Waals surface area contributed by atoms with Crippen LogP contribution in [-0.4, -0.2) is 55.2 Å². The molecule has 0 spiro atoms. The van der Waals surface area contributed by atoms with E-state index in [1.165, 1.54) is 12.1 Å². The summed E-state index contributed by atoms with van der Waals surface area (Å²) in [6, 6.07) is 22.9. The molecule has 7 heteroatoms. The minimum atomic E-state index is -0.986. The molecule has 3 aromatic carbocycles. The van der Waals surface area contributed by atoms with Crippen LogP contribution in [-0.2, 0) is 15.6 Å². The van der Waals surface area contributed by atoms with E-state index in [0.717, 1.165) is 36.1 Å². The number of ether oxygens (including phenoxy) is 2. The molecule has 1 fully saturated rings. The molecule has 6 nitrogen and oxygen atoms in total. The Morgan fingerprint density at radius 3 is 2.40 bits per heavy atom. The Balaban J connectivity index is 1.54. The molecule has 3 N–H and O–H groups in total. The van der Waals surface area contributed by atoms with Crippen LogP contribution >= 0.6 is 0 Å². The molecule has 6 bridgehead atoms. The zero-order chi connectivity index (χ0) is 30.0. The maximum absolute atomic E-state index is 14.4. The summed E-state index contributed by atoms with van der Waals surface area (Å²) in [6.45, 7) is 12.0. The van der Waals surface area contributed by atoms with E-state index in [0.29, 0.717) is 44.2 Å². The van der Waals surface area contributed by atoms with E-state index in [4.69, 9.17) is 15.2 Å². The number of amides is 1. The molecule has 0 aromatic heterocycles. The van der Waals surface area contributed by atoms with E-state index in [2.05, 4.69) is 50.0 Å². The molecule has 2 unspecified atom stereocenters. The first-order valence-corrected chi connectivity index (χ1v) is 15.0. The molecular weight excluding hydrogens is 529 g/mol. The van der Waals surface area contributed by atoms with Gasteiger partial charge in [0.15, 0.2) is 0 Å². The van der Waals surface area contributed by atoms with E-state index in [9.17, 15) is 9.18 Å². The Kier molecular flexibility index (Phi) is 8.63. The van der Waals surface area contributed by atoms with Gasteiger partial charge in [-0.05, 0) is 49.8 Å². The van der Waals surface area contributed by atoms with Gasteiger partial charge < -0.3 is 20.5 Å². The molecule has 1 amide bonds. The summed E-state index contributed by atoms with van der Waals surface area (Å²) >= 11 is 0. The van der Waals surface area contributed by atoms with Gasteiger partial charge in [-0.15, -0.1) is 0 Å². The number of benzene rings is 3. The Bertz CT molecular complexity index is 1390. The van der Waals surface area contributed by atoms with Crippen molar-refractivity contribution in [1.29, 1.82) is 0 Å². The van der Waals surface area contributed by atoms with Crippen molar-refractivity contribution in [3.63, 3.8) is 0 Å². The molecule has 224 valence electrons. The van der Waals surface area contributed by atoms with Gasteiger partial charge in [0.05, 0.1) is 5.41 Å². The van der Waals surface area contributed by atoms with Crippen LogP contribution < -0.4 is 20.5 Å². The van der Waals surface area contributed by atoms with E-state index in [1.807, 2.05) is 42.5 Å². The number of nitrogens with two attached hydrogens (primary N) is 1. The molecular formula is C35H44FN3O3. The number of nitrogens with zero attached hydrogens (tertiary/aromatic N) is 1. The van der Waals surface area contributed by atoms with Gasteiger partial charge >= 0.3 is 0 Å². The molecule has 5 rings (SSSR count). The summed E-state index contributed by atoms with van der Waals surface area (Å²) in [5.41, 5.74) is 7.87. The second kappa shape index (κ2) is 12.1. The number of carbonyl (C=O) groups is 1. The number of fused-ring (bicyclic) bond motifs is 6. The van der Waals surface area contributed by atoms with E-state index < -0.39 is 5.41 Å². The summed E-state index contributed by atoms with van der Waals surface area (Å²) in [5, 5.41) is 3.49. The standard InChI is InChI=1S/C35H44FN3O3/c1-33(2)24-38-16-18-41-30-20-28(36)21-31(22-30)42-29-13-17-39(23-29)34(3,4)14-15-35(32(37)40,25-9-6-5-7-10-25)27-12-8-11-26(33)19-27/h5-12,19-22,29,38H,13-18,23-24H2,1-4H3,(H2,37,40)/t29-,35?/m0/s1. The van der Waals surface area contributed by atoms with Gasteiger partial charge in [-0.3, -0.25) is 9.69 Å². The summed E-state index contributed by atoms with van der Waals surface area (Å²) in [7, 11) is 0. The number of hydrogen-bond acceptors (Lipinski definition) is 5. The highest BCUT2D eigenvalue weighted by molar-refractivity contribution is 5.91. The highest BCUT2D eigenvalue weighted by Gasteiger charge is 2.44. The van der Waals surface area contributed by atoms with Gasteiger partial charge in [0.2, 0.25) is 5.91 Å². The lowest BCUT2D eigenvalue weighted by atomic mass is 9.68. The lowest BCUT2D eigenvalue weighted by molar-refractivity contribution is -0.122. The van der Waals surface area contributed by atoms with Gasteiger partial charge in [0.25, 0.3) is 0 Å². The fourth-order valence-electron chi connectivity index (χ4n) is 6.44. The lowest BCUT2D eigenvalue weighted by Gasteiger charge is -2.40. The van der Waals surface area contributed by atoms with Crippen molar-refractivity contribution in [1.82, 2.24) is 10.2 Å². The summed E-state index contributed by atoms with van der Waals surface area (Å²) < 4.78 is 26.6. The van der Waals surface area contributed by atoms with Gasteiger partial charge in [-0.1, -0.05) is 68.4 Å². The number of rotatable bonds is 2. The topological polar surface area (TPSA) is 76.8 Å². The highest BCUT2D eigenvalue weighted by Crippen LogP contribution is 2.41. The first-order chi connectivity index (χ1) is 20.0. The Morgan fingerprint density at radius 2 is 1.64 bits per heavy atom. The van der Waals surface area contributed by atoms with Gasteiger partial charge in [0, 0.05) is 55.3 Å². The largest absolute Gasteiger partial charge is 0.492 e. The van der Waals surface area contributed by atoms with E-state index in [1.54, 1.807) is 6.07 Å². The Labute approximate surface area is 249 Å². The van der Waals surface area contributed by atoms with Crippen LogP contribution in [0.3, 0.4) is 0 Å². The van der Waals surface area contributed by atoms with Crippen molar-refractivity contribution in [2.45, 2.75) is 69.4 Å². The molecule has 3 atom stereocenters. The molecule has 0 radical (unpaired) electrons. The molecule has 3 aromatic rings. The summed E-state index contributed by atoms with van der Waals surface area (Å²) in [5.74, 6) is 0.222. The third kappa shape index (κ3) is 6.32. The van der Waals surface area contributed by atoms with Crippen LogP contribution in [0.2, 0.25) is 0 Å². The predicted octanol–water partition coefficient (Wildman–Crippen LogP) is 5.57. The molecule has 2 aliphatic heterocycles. The second-order valence-electron chi connectivity index (χ2n) is 13.0. The van der Waals surface area contributed by atoms with Crippen molar-refractivity contribution in [3.05, 3.63) is 95.3 Å². The maximum Gasteiger partial charge on any atom is 0.232 e. The second-order valence-corrected chi connectivity index (χ2v) is 13.0. The first kappa shape index (κ1) is 30.1. The first-order valence-electron chi connectivity index (χ1n) is 15.0. The fraction of sp³-hybridized carbons (Fsp3) is 0.457. The molecule has 0 saturated carbocycles. The van der Waals surface area contributed by atoms with Crippen molar-refractivity contribution in [3.8, 4) is 11.5 Å². The number of nitrogens with one attached hydrogen (secondary N) is 1. The van der Waals surface area contributed by atoms with Crippen LogP contribution in [0.5, 0.6) is 11.5 Å². The van der Waals surface area contributed by atoms with Crippen LogP contribution in [0.15, 0.2) is 72.8 Å². The third-order valence-electron chi connectivity index (χ3n) is 9.20. The van der Waals surface area contributed by atoms with Crippen molar-refractivity contribution >= 4 is 5.91 Å². The molecule has 2 aliphatic rings. The number of primary amides is 1. The van der Waals surface area contributed by atoms with E-state index in [-0.39, 0.29) is 28.8 Å². The summed E-state index contributed by atoms with van der Waals surface area (Å²) in [4.78, 5) is 16.1. The van der Waals surface area contributed by atoms with Crippen LogP contribution in [0, 0.1) is 5.82 Å². The van der Waals surface area contributed by atoms with Crippen LogP contribution in [0.25, 0.3) is 0 Å². The van der Waals surface area contributed by atoms with Crippen molar-refractivity contribution in [2.24, 2.45) is 5.73 Å². The third-order valence-corrected chi connectivity index (χ3v) is 9.20. The molecule has 2 heterocycles. The van der Waals surface area contributed by atoms with Crippen molar-refractivity contribution in [2.75, 3.05) is 32.8 Å². The summed E-state index contributed by atoms with van der Waals surface area (Å²) in [6.07, 6.45) is 2.07. The fourth-order valence-corrected chi connectivity index (χ4v) is 6.44. The van der Waals surface area contributed by atoms with Gasteiger partial charge in [-0.2, -0.15) is 0 Å². The minimum absolute atomic E-state index is 0.0693.